The van der Waals surface area contributed by atoms with Crippen LogP contribution in [-0.4, -0.2) is 17.4 Å². The molecule has 3 heterocycles. The summed E-state index contributed by atoms with van der Waals surface area (Å²) in [5.74, 6) is 0.639. The molecule has 0 spiro atoms. The third-order valence-electron chi connectivity index (χ3n) is 4.52. The molecule has 1 N–H and O–H groups in total. The minimum atomic E-state index is -0.408. The van der Waals surface area contributed by atoms with Crippen LogP contribution >= 0.6 is 0 Å². The van der Waals surface area contributed by atoms with Gasteiger partial charge in [-0.05, 0) is 48.2 Å². The number of aromatic amines is 1. The van der Waals surface area contributed by atoms with Gasteiger partial charge in [-0.15, -0.1) is 0 Å². The molecule has 1 aliphatic heterocycles. The van der Waals surface area contributed by atoms with Gasteiger partial charge in [0.05, 0.1) is 12.0 Å². The Morgan fingerprint density at radius 1 is 1.16 bits per heavy atom. The molecule has 0 fully saturated rings. The van der Waals surface area contributed by atoms with Gasteiger partial charge in [-0.2, -0.15) is 0 Å². The summed E-state index contributed by atoms with van der Waals surface area (Å²) in [5.41, 5.74) is 2.31. The Balaban J connectivity index is 1.71. The van der Waals surface area contributed by atoms with E-state index in [1.54, 1.807) is 35.4 Å². The van der Waals surface area contributed by atoms with Crippen LogP contribution in [0.3, 0.4) is 0 Å². The average molecular weight is 334 g/mol. The minimum Gasteiger partial charge on any atom is -0.463 e. The molecule has 1 amide bonds. The van der Waals surface area contributed by atoms with Crippen LogP contribution in [0.2, 0.25) is 0 Å². The number of pyridine rings is 1. The Hall–Kier alpha value is -3.08. The number of aromatic nitrogens is 1. The van der Waals surface area contributed by atoms with E-state index in [4.69, 9.17) is 4.42 Å². The lowest BCUT2D eigenvalue weighted by Crippen LogP contribution is -2.41. The predicted molar refractivity (Wildman–Crippen MR) is 95.8 cm³/mol. The normalized spacial score (nSPS) is 16.5. The van der Waals surface area contributed by atoms with E-state index >= 15 is 0 Å². The second kappa shape index (κ2) is 6.09. The lowest BCUT2D eigenvalue weighted by Gasteiger charge is -2.33. The summed E-state index contributed by atoms with van der Waals surface area (Å²) in [6.07, 6.45) is 2.48. The largest absolute Gasteiger partial charge is 0.463 e. The number of H-pyrrole nitrogens is 1. The van der Waals surface area contributed by atoms with Gasteiger partial charge in [0.2, 0.25) is 0 Å². The number of anilines is 1. The summed E-state index contributed by atoms with van der Waals surface area (Å²) < 4.78 is 5.29. The van der Waals surface area contributed by atoms with Crippen molar-refractivity contribution in [3.63, 3.8) is 0 Å². The Kier molecular flexibility index (Phi) is 3.76. The first kappa shape index (κ1) is 15.4. The first-order valence-corrected chi connectivity index (χ1v) is 8.30. The number of nitrogens with one attached hydrogen (secondary N) is 1. The van der Waals surface area contributed by atoms with Gasteiger partial charge in [-0.1, -0.05) is 25.1 Å². The smallest absolute Gasteiger partial charge is 0.263 e. The highest BCUT2D eigenvalue weighted by Crippen LogP contribution is 2.30. The number of fused-ring (bicyclic) bond motifs is 1. The molecule has 0 radical (unpaired) electrons. The maximum Gasteiger partial charge on any atom is 0.263 e. The molecule has 2 aromatic heterocycles. The number of hydrogen-bond donors (Lipinski definition) is 1. The van der Waals surface area contributed by atoms with E-state index < -0.39 is 5.56 Å². The van der Waals surface area contributed by atoms with Gasteiger partial charge in [0, 0.05) is 12.2 Å². The Morgan fingerprint density at radius 2 is 2.00 bits per heavy atom. The van der Waals surface area contributed by atoms with Gasteiger partial charge in [0.1, 0.15) is 11.3 Å². The van der Waals surface area contributed by atoms with E-state index in [1.165, 1.54) is 0 Å². The van der Waals surface area contributed by atoms with Gasteiger partial charge >= 0.3 is 0 Å². The minimum absolute atomic E-state index is 0.138. The Morgan fingerprint density at radius 3 is 2.76 bits per heavy atom. The number of benzene rings is 1. The van der Waals surface area contributed by atoms with Crippen molar-refractivity contribution in [2.75, 3.05) is 11.4 Å². The second-order valence-corrected chi connectivity index (χ2v) is 6.45. The number of hydrogen-bond acceptors (Lipinski definition) is 3. The van der Waals surface area contributed by atoms with Crippen molar-refractivity contribution in [1.29, 1.82) is 0 Å². The van der Waals surface area contributed by atoms with E-state index in [-0.39, 0.29) is 11.5 Å². The zero-order valence-electron chi connectivity index (χ0n) is 13.9. The molecule has 5 nitrogen and oxygen atoms in total. The van der Waals surface area contributed by atoms with Crippen LogP contribution in [-0.2, 0) is 6.42 Å². The molecule has 4 rings (SSSR count). The summed E-state index contributed by atoms with van der Waals surface area (Å²) in [7, 11) is 0. The van der Waals surface area contributed by atoms with E-state index in [2.05, 4.69) is 11.9 Å². The fourth-order valence-electron chi connectivity index (χ4n) is 3.35. The summed E-state index contributed by atoms with van der Waals surface area (Å²) in [5, 5.41) is 0. The fraction of sp³-hybridized carbons (Fsp3) is 0.200. The number of para-hydroxylation sites is 1. The van der Waals surface area contributed by atoms with E-state index in [0.29, 0.717) is 23.9 Å². The number of nitrogens with zero attached hydrogens (tertiary/aromatic N) is 1. The van der Waals surface area contributed by atoms with E-state index in [9.17, 15) is 9.59 Å². The van der Waals surface area contributed by atoms with Crippen molar-refractivity contribution >= 4 is 11.6 Å². The topological polar surface area (TPSA) is 66.3 Å². The highest BCUT2D eigenvalue weighted by molar-refractivity contribution is 6.06. The molecule has 126 valence electrons. The molecule has 0 saturated heterocycles. The highest BCUT2D eigenvalue weighted by atomic mass is 16.3. The predicted octanol–water partition coefficient (Wildman–Crippen LogP) is 3.47. The van der Waals surface area contributed by atoms with Crippen LogP contribution in [0.4, 0.5) is 5.69 Å². The monoisotopic (exact) mass is 334 g/mol. The maximum atomic E-state index is 13.0. The first-order chi connectivity index (χ1) is 12.1. The Labute approximate surface area is 144 Å². The number of rotatable bonds is 2. The van der Waals surface area contributed by atoms with Crippen molar-refractivity contribution in [3.8, 4) is 11.5 Å². The molecule has 1 aromatic carbocycles. The van der Waals surface area contributed by atoms with Crippen molar-refractivity contribution in [2.24, 2.45) is 5.92 Å². The first-order valence-electron chi connectivity index (χ1n) is 8.30. The molecule has 0 aliphatic carbocycles. The van der Waals surface area contributed by atoms with Crippen molar-refractivity contribution in [2.45, 2.75) is 13.3 Å². The standard InChI is InChI=1S/C20H18N2O3/c1-13-11-14-5-2-3-6-17(14)22(12-13)20(24)15-8-9-16(21-19(15)23)18-7-4-10-25-18/h2-10,13H,11-12H2,1H3,(H,21,23)/t13-/m1/s1. The molecule has 1 atom stereocenters. The molecule has 3 aromatic rings. The molecular formula is C20H18N2O3. The Bertz CT molecular complexity index is 973. The summed E-state index contributed by atoms with van der Waals surface area (Å²) in [4.78, 5) is 29.9. The van der Waals surface area contributed by atoms with Crippen LogP contribution in [0, 0.1) is 5.92 Å². The number of carbonyl (C=O) groups is 1. The van der Waals surface area contributed by atoms with Crippen molar-refractivity contribution < 1.29 is 9.21 Å². The third-order valence-corrected chi connectivity index (χ3v) is 4.52. The molecular weight excluding hydrogens is 316 g/mol. The molecule has 0 bridgehead atoms. The van der Waals surface area contributed by atoms with Crippen LogP contribution in [0.15, 0.2) is 64.0 Å². The number of amides is 1. The maximum absolute atomic E-state index is 13.0. The summed E-state index contributed by atoms with van der Waals surface area (Å²) in [6, 6.07) is 14.6. The van der Waals surface area contributed by atoms with Gasteiger partial charge < -0.3 is 14.3 Å². The van der Waals surface area contributed by atoms with E-state index in [0.717, 1.165) is 17.7 Å². The average Bonchev–Trinajstić information content (AvgIpc) is 3.15. The molecule has 0 unspecified atom stereocenters. The zero-order chi connectivity index (χ0) is 17.4. The van der Waals surface area contributed by atoms with Crippen LogP contribution < -0.4 is 10.5 Å². The highest BCUT2D eigenvalue weighted by Gasteiger charge is 2.28. The van der Waals surface area contributed by atoms with Crippen molar-refractivity contribution in [3.05, 3.63) is 76.3 Å². The molecule has 0 saturated carbocycles. The van der Waals surface area contributed by atoms with Crippen LogP contribution in [0.25, 0.3) is 11.5 Å². The lowest BCUT2D eigenvalue weighted by atomic mass is 9.93. The molecule has 25 heavy (non-hydrogen) atoms. The third kappa shape index (κ3) is 2.78. The fourth-order valence-corrected chi connectivity index (χ4v) is 3.35. The van der Waals surface area contributed by atoms with Gasteiger partial charge in [-0.3, -0.25) is 9.59 Å². The van der Waals surface area contributed by atoms with Gasteiger partial charge in [0.15, 0.2) is 0 Å². The van der Waals surface area contributed by atoms with Gasteiger partial charge in [-0.25, -0.2) is 0 Å². The summed E-state index contributed by atoms with van der Waals surface area (Å²) >= 11 is 0. The molecule has 5 heteroatoms. The number of carbonyl (C=O) groups excluding carboxylic acids is 1. The molecule has 1 aliphatic rings. The van der Waals surface area contributed by atoms with Crippen LogP contribution in [0.1, 0.15) is 22.8 Å². The second-order valence-electron chi connectivity index (χ2n) is 6.45. The summed E-state index contributed by atoms with van der Waals surface area (Å²) in [6.45, 7) is 2.72. The van der Waals surface area contributed by atoms with Crippen molar-refractivity contribution in [1.82, 2.24) is 4.98 Å². The van der Waals surface area contributed by atoms with E-state index in [1.807, 2.05) is 24.3 Å². The van der Waals surface area contributed by atoms with Gasteiger partial charge in [0.25, 0.3) is 11.5 Å². The zero-order valence-corrected chi connectivity index (χ0v) is 13.9. The SMILES string of the molecule is C[C@@H]1Cc2ccccc2N(C(=O)c2ccc(-c3ccco3)[nH]c2=O)C1. The van der Waals surface area contributed by atoms with Crippen LogP contribution in [0.5, 0.6) is 0 Å². The quantitative estimate of drug-likeness (QED) is 0.780. The lowest BCUT2D eigenvalue weighted by molar-refractivity contribution is 0.0979. The number of furan rings is 1.